The number of benzene rings is 1. The van der Waals surface area contributed by atoms with Gasteiger partial charge in [-0.15, -0.1) is 0 Å². The Labute approximate surface area is 245 Å². The van der Waals surface area contributed by atoms with E-state index in [9.17, 15) is 28.8 Å². The minimum absolute atomic E-state index is 0.0700. The van der Waals surface area contributed by atoms with E-state index in [1.807, 2.05) is 36.4 Å². The van der Waals surface area contributed by atoms with Crippen molar-refractivity contribution in [3.8, 4) is 0 Å². The Morgan fingerprint density at radius 2 is 1.69 bits per heavy atom. The lowest BCUT2D eigenvalue weighted by Gasteiger charge is -2.41. The van der Waals surface area contributed by atoms with Crippen LogP contribution in [0.4, 0.5) is 4.79 Å². The van der Waals surface area contributed by atoms with Gasteiger partial charge < -0.3 is 35.6 Å². The number of nitrogens with zero attached hydrogens (tertiary/aromatic N) is 1. The van der Waals surface area contributed by atoms with Crippen LogP contribution in [0.5, 0.6) is 0 Å². The molecule has 0 spiro atoms. The van der Waals surface area contributed by atoms with Gasteiger partial charge in [-0.25, -0.2) is 4.79 Å². The maximum absolute atomic E-state index is 13.8. The van der Waals surface area contributed by atoms with Crippen LogP contribution in [-0.4, -0.2) is 84.5 Å². The van der Waals surface area contributed by atoms with Gasteiger partial charge in [0.25, 0.3) is 0 Å². The molecule has 42 heavy (non-hydrogen) atoms. The van der Waals surface area contributed by atoms with Gasteiger partial charge >= 0.3 is 12.1 Å². The number of carbonyl (C=O) groups is 6. The standard InChI is InChI=1S/C29H41N5O8/c1-28(2,3)42-27(40)32-17-23(36)34(19-20-12-8-6-9-13-20)29(4)15-11-7-10-14-21(33-26(29)39)25(38)31-16-22(35)30-18-24(37)41-5/h6-10,12-13,21H,11,14-19H2,1-5H3,(H,30,35)(H,31,38)(H,32,40)(H,33,39)/b10-7-/t21-,29-/m0/s1. The largest absolute Gasteiger partial charge is 0.468 e. The molecule has 13 heteroatoms. The SMILES string of the molecule is COC(=O)CNC(=O)CNC(=O)[C@@H]1C/C=C\CC[C@](C)(N(Cc2ccccc2)C(=O)CNC(=O)OC(C)(C)C)C(=O)N1. The van der Waals surface area contributed by atoms with Crippen molar-refractivity contribution < 1.29 is 38.2 Å². The smallest absolute Gasteiger partial charge is 0.408 e. The van der Waals surface area contributed by atoms with E-state index in [0.717, 1.165) is 5.56 Å². The van der Waals surface area contributed by atoms with Crippen molar-refractivity contribution in [1.29, 1.82) is 0 Å². The Kier molecular flexibility index (Phi) is 12.5. The summed E-state index contributed by atoms with van der Waals surface area (Å²) in [6.45, 7) is 5.62. The zero-order chi connectivity index (χ0) is 31.3. The van der Waals surface area contributed by atoms with Gasteiger partial charge in [-0.05, 0) is 52.5 Å². The number of esters is 1. The van der Waals surface area contributed by atoms with Crippen molar-refractivity contribution in [3.05, 3.63) is 48.0 Å². The predicted octanol–water partition coefficient (Wildman–Crippen LogP) is 0.929. The Balaban J connectivity index is 2.23. The average Bonchev–Trinajstić information content (AvgIpc) is 3.01. The van der Waals surface area contributed by atoms with Gasteiger partial charge in [0.05, 0.1) is 13.7 Å². The first-order valence-electron chi connectivity index (χ1n) is 13.6. The number of hydrogen-bond acceptors (Lipinski definition) is 8. The molecule has 2 rings (SSSR count). The third-order valence-corrected chi connectivity index (χ3v) is 6.39. The highest BCUT2D eigenvalue weighted by molar-refractivity contribution is 5.96. The second-order valence-corrected chi connectivity index (χ2v) is 10.9. The fourth-order valence-electron chi connectivity index (χ4n) is 4.09. The molecule has 0 bridgehead atoms. The zero-order valence-electron chi connectivity index (χ0n) is 24.8. The molecule has 0 saturated heterocycles. The van der Waals surface area contributed by atoms with Crippen LogP contribution in [0.1, 0.15) is 52.5 Å². The lowest BCUT2D eigenvalue weighted by atomic mass is 9.91. The third kappa shape index (κ3) is 10.9. The first-order chi connectivity index (χ1) is 19.7. The second-order valence-electron chi connectivity index (χ2n) is 10.9. The van der Waals surface area contributed by atoms with E-state index in [1.54, 1.807) is 33.8 Å². The predicted molar refractivity (Wildman–Crippen MR) is 153 cm³/mol. The fraction of sp³-hybridized carbons (Fsp3) is 0.517. The van der Waals surface area contributed by atoms with Crippen LogP contribution < -0.4 is 21.3 Å². The van der Waals surface area contributed by atoms with Gasteiger partial charge in [-0.1, -0.05) is 42.5 Å². The van der Waals surface area contributed by atoms with Gasteiger partial charge in [0.1, 0.15) is 30.3 Å². The number of ether oxygens (including phenoxy) is 2. The molecule has 1 aromatic rings. The molecule has 0 unspecified atom stereocenters. The summed E-state index contributed by atoms with van der Waals surface area (Å²) in [5, 5.41) is 9.97. The highest BCUT2D eigenvalue weighted by Gasteiger charge is 2.43. The topological polar surface area (TPSA) is 172 Å². The molecule has 5 amide bonds. The molecule has 0 aliphatic carbocycles. The Hall–Kier alpha value is -4.42. The molecule has 4 N–H and O–H groups in total. The summed E-state index contributed by atoms with van der Waals surface area (Å²) < 4.78 is 9.70. The molecular weight excluding hydrogens is 546 g/mol. The summed E-state index contributed by atoms with van der Waals surface area (Å²) in [7, 11) is 1.18. The van der Waals surface area contributed by atoms with Crippen molar-refractivity contribution in [2.75, 3.05) is 26.7 Å². The summed E-state index contributed by atoms with van der Waals surface area (Å²) in [6.07, 6.45) is 3.64. The monoisotopic (exact) mass is 587 g/mol. The maximum atomic E-state index is 13.8. The van der Waals surface area contributed by atoms with Crippen molar-refractivity contribution in [2.24, 2.45) is 0 Å². The Morgan fingerprint density at radius 1 is 1.00 bits per heavy atom. The van der Waals surface area contributed by atoms with Crippen molar-refractivity contribution in [3.63, 3.8) is 0 Å². The summed E-state index contributed by atoms with van der Waals surface area (Å²) in [4.78, 5) is 77.2. The first kappa shape index (κ1) is 33.8. The zero-order valence-corrected chi connectivity index (χ0v) is 24.8. The van der Waals surface area contributed by atoms with Gasteiger partial charge in [0.2, 0.25) is 23.6 Å². The lowest BCUT2D eigenvalue weighted by molar-refractivity contribution is -0.148. The van der Waals surface area contributed by atoms with Crippen LogP contribution in [0.3, 0.4) is 0 Å². The maximum Gasteiger partial charge on any atom is 0.408 e. The van der Waals surface area contributed by atoms with Crippen LogP contribution in [0, 0.1) is 0 Å². The van der Waals surface area contributed by atoms with E-state index in [0.29, 0.717) is 6.42 Å². The molecule has 2 atom stereocenters. The highest BCUT2D eigenvalue weighted by atomic mass is 16.6. The molecule has 1 aliphatic rings. The number of allylic oxidation sites excluding steroid dienone is 1. The number of hydrogen-bond donors (Lipinski definition) is 4. The van der Waals surface area contributed by atoms with Crippen LogP contribution in [0.25, 0.3) is 0 Å². The normalized spacial score (nSPS) is 19.5. The van der Waals surface area contributed by atoms with E-state index < -0.39 is 66.0 Å². The fourth-order valence-corrected chi connectivity index (χ4v) is 4.09. The summed E-state index contributed by atoms with van der Waals surface area (Å²) >= 11 is 0. The summed E-state index contributed by atoms with van der Waals surface area (Å²) in [6, 6.07) is 8.06. The summed E-state index contributed by atoms with van der Waals surface area (Å²) in [5.41, 5.74) is -1.40. The molecule has 230 valence electrons. The average molecular weight is 588 g/mol. The minimum Gasteiger partial charge on any atom is -0.468 e. The molecule has 13 nitrogen and oxygen atoms in total. The van der Waals surface area contributed by atoms with E-state index in [4.69, 9.17) is 4.74 Å². The van der Waals surface area contributed by atoms with Crippen molar-refractivity contribution >= 4 is 35.7 Å². The van der Waals surface area contributed by atoms with E-state index in [2.05, 4.69) is 26.0 Å². The number of nitrogens with one attached hydrogen (secondary N) is 4. The Bertz CT molecular complexity index is 1160. The minimum atomic E-state index is -1.41. The van der Waals surface area contributed by atoms with E-state index >= 15 is 0 Å². The van der Waals surface area contributed by atoms with Gasteiger partial charge in [0, 0.05) is 6.54 Å². The molecule has 0 fully saturated rings. The lowest BCUT2D eigenvalue weighted by Crippen LogP contribution is -2.62. The Morgan fingerprint density at radius 3 is 2.33 bits per heavy atom. The van der Waals surface area contributed by atoms with E-state index in [1.165, 1.54) is 12.0 Å². The molecule has 0 aromatic heterocycles. The quantitative estimate of drug-likeness (QED) is 0.231. The third-order valence-electron chi connectivity index (χ3n) is 6.39. The molecule has 1 heterocycles. The van der Waals surface area contributed by atoms with Crippen molar-refractivity contribution in [2.45, 2.75) is 70.7 Å². The molecule has 0 radical (unpaired) electrons. The van der Waals surface area contributed by atoms with Gasteiger partial charge in [-0.3, -0.25) is 24.0 Å². The summed E-state index contributed by atoms with van der Waals surface area (Å²) in [5.74, 6) is -2.95. The number of amides is 5. The number of rotatable bonds is 10. The van der Waals surface area contributed by atoms with E-state index in [-0.39, 0.29) is 25.9 Å². The van der Waals surface area contributed by atoms with Crippen LogP contribution in [-0.2, 0) is 40.0 Å². The van der Waals surface area contributed by atoms with Crippen LogP contribution >= 0.6 is 0 Å². The first-order valence-corrected chi connectivity index (χ1v) is 13.6. The second kappa shape index (κ2) is 15.5. The van der Waals surface area contributed by atoms with Gasteiger partial charge in [0.15, 0.2) is 0 Å². The highest BCUT2D eigenvalue weighted by Crippen LogP contribution is 2.26. The molecule has 1 aromatic carbocycles. The van der Waals surface area contributed by atoms with Crippen molar-refractivity contribution in [1.82, 2.24) is 26.2 Å². The molecule has 1 aliphatic heterocycles. The molecular formula is C29H41N5O8. The van der Waals surface area contributed by atoms with Crippen LogP contribution in [0.2, 0.25) is 0 Å². The number of alkyl carbamates (subject to hydrolysis) is 1. The van der Waals surface area contributed by atoms with Crippen LogP contribution in [0.15, 0.2) is 42.5 Å². The number of carbonyl (C=O) groups excluding carboxylic acids is 6. The molecule has 0 saturated carbocycles. The number of methoxy groups -OCH3 is 1. The van der Waals surface area contributed by atoms with Gasteiger partial charge in [-0.2, -0.15) is 0 Å².